The highest BCUT2D eigenvalue weighted by atomic mass is 19.1. The number of unbranched alkanes of at least 4 members (excludes halogenated alkanes) is 1. The Hall–Kier alpha value is -1.79. The summed E-state index contributed by atoms with van der Waals surface area (Å²) in [5.41, 5.74) is 0.559. The molecule has 126 valence electrons. The summed E-state index contributed by atoms with van der Waals surface area (Å²) in [7, 11) is 0. The van der Waals surface area contributed by atoms with Crippen LogP contribution < -0.4 is 5.32 Å². The van der Waals surface area contributed by atoms with E-state index in [2.05, 4.69) is 15.2 Å². The van der Waals surface area contributed by atoms with Crippen LogP contribution in [0.4, 0.5) is 4.39 Å². The smallest absolute Gasteiger partial charge is 0.243 e. The third-order valence-electron chi connectivity index (χ3n) is 4.03. The molecule has 0 aromatic carbocycles. The van der Waals surface area contributed by atoms with Gasteiger partial charge in [0, 0.05) is 24.9 Å². The van der Waals surface area contributed by atoms with Crippen LogP contribution in [0.15, 0.2) is 24.5 Å². The van der Waals surface area contributed by atoms with Gasteiger partial charge in [-0.05, 0) is 56.5 Å². The maximum Gasteiger partial charge on any atom is 0.243 e. The number of aromatic nitrogens is 1. The monoisotopic (exact) mass is 321 g/mol. The average molecular weight is 321 g/mol. The molecule has 1 atom stereocenters. The summed E-state index contributed by atoms with van der Waals surface area (Å²) in [4.78, 5) is 17.7. The first-order chi connectivity index (χ1) is 11.2. The van der Waals surface area contributed by atoms with E-state index in [4.69, 9.17) is 0 Å². The van der Waals surface area contributed by atoms with Gasteiger partial charge in [-0.15, -0.1) is 0 Å². The molecule has 1 aliphatic heterocycles. The zero-order chi connectivity index (χ0) is 16.5. The average Bonchev–Trinajstić information content (AvgIpc) is 3.00. The van der Waals surface area contributed by atoms with Crippen LogP contribution in [0.3, 0.4) is 0 Å². The lowest BCUT2D eigenvalue weighted by Crippen LogP contribution is -2.33. The van der Waals surface area contributed by atoms with Gasteiger partial charge in [0.1, 0.15) is 5.82 Å². The maximum atomic E-state index is 12.9. The molecule has 1 amide bonds. The number of amides is 1. The molecular formula is C17H24FN3O2. The van der Waals surface area contributed by atoms with Gasteiger partial charge in [-0.2, -0.15) is 0 Å². The second-order valence-corrected chi connectivity index (χ2v) is 5.78. The van der Waals surface area contributed by atoms with Crippen molar-refractivity contribution in [2.45, 2.75) is 31.7 Å². The van der Waals surface area contributed by atoms with Crippen molar-refractivity contribution in [3.63, 3.8) is 0 Å². The number of nitrogens with zero attached hydrogens (tertiary/aromatic N) is 2. The quantitative estimate of drug-likeness (QED) is 0.564. The molecule has 2 rings (SSSR count). The largest absolute Gasteiger partial charge is 0.395 e. The predicted octanol–water partition coefficient (Wildman–Crippen LogP) is 1.59. The van der Waals surface area contributed by atoms with Gasteiger partial charge < -0.3 is 10.4 Å². The number of hydrogen-bond acceptors (Lipinski definition) is 4. The Labute approximate surface area is 136 Å². The molecule has 5 nitrogen and oxygen atoms in total. The molecular weight excluding hydrogens is 297 g/mol. The van der Waals surface area contributed by atoms with Gasteiger partial charge in [0.2, 0.25) is 5.91 Å². The summed E-state index contributed by atoms with van der Waals surface area (Å²) >= 11 is 0. The molecule has 1 aromatic rings. The molecule has 23 heavy (non-hydrogen) atoms. The lowest BCUT2D eigenvalue weighted by Gasteiger charge is -2.22. The van der Waals surface area contributed by atoms with Crippen molar-refractivity contribution in [2.75, 3.05) is 26.2 Å². The van der Waals surface area contributed by atoms with E-state index in [1.54, 1.807) is 6.08 Å². The van der Waals surface area contributed by atoms with E-state index in [1.807, 2.05) is 0 Å². The van der Waals surface area contributed by atoms with E-state index in [0.29, 0.717) is 18.2 Å². The number of pyridine rings is 1. The molecule has 0 bridgehead atoms. The lowest BCUT2D eigenvalue weighted by atomic mass is 10.2. The Morgan fingerprint density at radius 1 is 1.48 bits per heavy atom. The van der Waals surface area contributed by atoms with Crippen LogP contribution in [0.5, 0.6) is 0 Å². The van der Waals surface area contributed by atoms with E-state index < -0.39 is 5.82 Å². The Bertz CT molecular complexity index is 536. The number of nitrogens with one attached hydrogen (secondary N) is 1. The van der Waals surface area contributed by atoms with Gasteiger partial charge in [0.15, 0.2) is 0 Å². The van der Waals surface area contributed by atoms with Crippen molar-refractivity contribution in [1.29, 1.82) is 0 Å². The summed E-state index contributed by atoms with van der Waals surface area (Å²) in [5, 5.41) is 12.1. The van der Waals surface area contributed by atoms with Crippen molar-refractivity contribution in [3.05, 3.63) is 35.9 Å². The van der Waals surface area contributed by atoms with E-state index in [0.717, 1.165) is 45.0 Å². The van der Waals surface area contributed by atoms with Crippen LogP contribution in [-0.2, 0) is 4.79 Å². The van der Waals surface area contributed by atoms with Crippen molar-refractivity contribution in [3.8, 4) is 0 Å². The van der Waals surface area contributed by atoms with Gasteiger partial charge in [0.05, 0.1) is 12.8 Å². The summed E-state index contributed by atoms with van der Waals surface area (Å²) < 4.78 is 12.9. The van der Waals surface area contributed by atoms with E-state index >= 15 is 0 Å². The highest BCUT2D eigenvalue weighted by Gasteiger charge is 2.22. The summed E-state index contributed by atoms with van der Waals surface area (Å²) in [5.74, 6) is -0.612. The third-order valence-corrected chi connectivity index (χ3v) is 4.03. The van der Waals surface area contributed by atoms with Crippen molar-refractivity contribution in [1.82, 2.24) is 15.2 Å². The fourth-order valence-electron chi connectivity index (χ4n) is 2.80. The van der Waals surface area contributed by atoms with Crippen molar-refractivity contribution in [2.24, 2.45) is 0 Å². The zero-order valence-electron chi connectivity index (χ0n) is 13.2. The minimum atomic E-state index is -0.421. The fourth-order valence-corrected chi connectivity index (χ4v) is 2.80. The number of rotatable bonds is 8. The van der Waals surface area contributed by atoms with Crippen LogP contribution in [0.2, 0.25) is 0 Å². The van der Waals surface area contributed by atoms with Crippen LogP contribution in [-0.4, -0.2) is 53.2 Å². The van der Waals surface area contributed by atoms with E-state index in [-0.39, 0.29) is 12.5 Å². The Kier molecular flexibility index (Phi) is 7.16. The topological polar surface area (TPSA) is 65.5 Å². The molecule has 1 saturated heterocycles. The second kappa shape index (κ2) is 9.37. The Balaban J connectivity index is 1.60. The summed E-state index contributed by atoms with van der Waals surface area (Å²) in [6.07, 6.45) is 9.68. The molecule has 1 aromatic heterocycles. The van der Waals surface area contributed by atoms with Crippen LogP contribution >= 0.6 is 0 Å². The highest BCUT2D eigenvalue weighted by molar-refractivity contribution is 5.91. The minimum Gasteiger partial charge on any atom is -0.395 e. The lowest BCUT2D eigenvalue weighted by molar-refractivity contribution is -0.116. The first-order valence-corrected chi connectivity index (χ1v) is 8.10. The maximum absolute atomic E-state index is 12.9. The van der Waals surface area contributed by atoms with Gasteiger partial charge in [-0.3, -0.25) is 14.7 Å². The first-order valence-electron chi connectivity index (χ1n) is 8.10. The minimum absolute atomic E-state index is 0.191. The fraction of sp³-hybridized carbons (Fsp3) is 0.529. The molecule has 6 heteroatoms. The summed E-state index contributed by atoms with van der Waals surface area (Å²) in [6, 6.07) is 1.64. The van der Waals surface area contributed by atoms with E-state index in [1.165, 1.54) is 18.3 Å². The van der Waals surface area contributed by atoms with Crippen molar-refractivity contribution < 1.29 is 14.3 Å². The summed E-state index contributed by atoms with van der Waals surface area (Å²) in [6.45, 7) is 2.87. The molecule has 1 fully saturated rings. The Morgan fingerprint density at radius 2 is 2.35 bits per heavy atom. The standard InChI is InChI=1S/C17H24FN3O2/c18-15-10-14(11-19-12-15)5-6-17(23)20-7-1-2-8-21-9-3-4-16(21)13-22/h5-6,10-12,16,22H,1-4,7-9,13H2,(H,20,23)/b6-5+. The van der Waals surface area contributed by atoms with Gasteiger partial charge in [-0.25, -0.2) is 4.39 Å². The zero-order valence-corrected chi connectivity index (χ0v) is 13.2. The number of aliphatic hydroxyl groups is 1. The van der Waals surface area contributed by atoms with Gasteiger partial charge in [-0.1, -0.05) is 0 Å². The SMILES string of the molecule is O=C(/C=C/c1cncc(F)c1)NCCCCN1CCCC1CO. The number of likely N-dealkylation sites (tertiary alicyclic amines) is 1. The van der Waals surface area contributed by atoms with Crippen LogP contribution in [0.25, 0.3) is 6.08 Å². The van der Waals surface area contributed by atoms with Crippen molar-refractivity contribution >= 4 is 12.0 Å². The molecule has 2 heterocycles. The Morgan fingerprint density at radius 3 is 3.13 bits per heavy atom. The molecule has 2 N–H and O–H groups in total. The van der Waals surface area contributed by atoms with E-state index in [9.17, 15) is 14.3 Å². The first kappa shape index (κ1) is 17.6. The molecule has 0 saturated carbocycles. The predicted molar refractivity (Wildman–Crippen MR) is 87.2 cm³/mol. The molecule has 0 radical (unpaired) electrons. The van der Waals surface area contributed by atoms with Gasteiger partial charge >= 0.3 is 0 Å². The number of carbonyl (C=O) groups excluding carboxylic acids is 1. The highest BCUT2D eigenvalue weighted by Crippen LogP contribution is 2.16. The van der Waals surface area contributed by atoms with Crippen LogP contribution in [0.1, 0.15) is 31.2 Å². The molecule has 1 aliphatic rings. The number of hydrogen-bond donors (Lipinski definition) is 2. The molecule has 0 aliphatic carbocycles. The third kappa shape index (κ3) is 6.08. The van der Waals surface area contributed by atoms with Crippen LogP contribution in [0, 0.1) is 5.82 Å². The van der Waals surface area contributed by atoms with Gasteiger partial charge in [0.25, 0.3) is 0 Å². The second-order valence-electron chi connectivity index (χ2n) is 5.78. The number of aliphatic hydroxyl groups excluding tert-OH is 1. The number of carbonyl (C=O) groups is 1. The molecule has 1 unspecified atom stereocenters. The molecule has 0 spiro atoms. The number of halogens is 1. The normalized spacial score (nSPS) is 18.6.